The van der Waals surface area contributed by atoms with E-state index in [0.29, 0.717) is 0 Å². The average Bonchev–Trinajstić information content (AvgIpc) is 2.72. The monoisotopic (exact) mass is 233 g/mol. The summed E-state index contributed by atoms with van der Waals surface area (Å²) >= 11 is 0. The van der Waals surface area contributed by atoms with E-state index in [-0.39, 0.29) is 11.6 Å². The molecule has 2 nitrogen and oxygen atoms in total. The van der Waals surface area contributed by atoms with Crippen molar-refractivity contribution in [1.29, 1.82) is 0 Å². The van der Waals surface area contributed by atoms with Crippen LogP contribution in [0, 0.1) is 13.8 Å². The maximum absolute atomic E-state index is 5.98. The fourth-order valence-corrected chi connectivity index (χ4v) is 2.89. The third-order valence-corrected chi connectivity index (χ3v) is 3.89. The van der Waals surface area contributed by atoms with Crippen LogP contribution in [0.4, 0.5) is 0 Å². The molecule has 1 fully saturated rings. The van der Waals surface area contributed by atoms with Crippen LogP contribution in [0.5, 0.6) is 0 Å². The first-order chi connectivity index (χ1) is 8.07. The number of rotatable bonds is 3. The van der Waals surface area contributed by atoms with Crippen LogP contribution in [0.25, 0.3) is 0 Å². The van der Waals surface area contributed by atoms with E-state index >= 15 is 0 Å². The Morgan fingerprint density at radius 1 is 1.35 bits per heavy atom. The quantitative estimate of drug-likeness (QED) is 0.866. The lowest BCUT2D eigenvalue weighted by Gasteiger charge is -2.34. The number of benzene rings is 1. The molecule has 2 rings (SSSR count). The molecule has 0 amide bonds. The lowest BCUT2D eigenvalue weighted by Crippen LogP contribution is -2.40. The fraction of sp³-hybridized carbons (Fsp3) is 0.600. The Bertz CT molecular complexity index is 394. The summed E-state index contributed by atoms with van der Waals surface area (Å²) in [7, 11) is 2.03. The topological polar surface area (TPSA) is 21.3 Å². The molecule has 17 heavy (non-hydrogen) atoms. The highest BCUT2D eigenvalue weighted by Gasteiger charge is 2.38. The number of nitrogens with one attached hydrogen (secondary N) is 1. The SMILES string of the molecule is CNC(c1cc(C)ccc1C)C1(C)CCCO1. The summed E-state index contributed by atoms with van der Waals surface area (Å²) < 4.78 is 5.98. The van der Waals surface area contributed by atoms with Crippen molar-refractivity contribution in [2.75, 3.05) is 13.7 Å². The van der Waals surface area contributed by atoms with Crippen LogP contribution in [0.2, 0.25) is 0 Å². The Kier molecular flexibility index (Phi) is 3.55. The predicted octanol–water partition coefficient (Wildman–Crippen LogP) is 3.13. The second-order valence-corrected chi connectivity index (χ2v) is 5.35. The van der Waals surface area contributed by atoms with Crippen molar-refractivity contribution in [3.8, 4) is 0 Å². The molecule has 0 radical (unpaired) electrons. The third-order valence-electron chi connectivity index (χ3n) is 3.89. The molecule has 0 saturated carbocycles. The Morgan fingerprint density at radius 2 is 2.12 bits per heavy atom. The van der Waals surface area contributed by atoms with Gasteiger partial charge in [0.15, 0.2) is 0 Å². The number of aryl methyl sites for hydroxylation is 2. The molecule has 0 bridgehead atoms. The van der Waals surface area contributed by atoms with Gasteiger partial charge in [-0.2, -0.15) is 0 Å². The summed E-state index contributed by atoms with van der Waals surface area (Å²) in [5, 5.41) is 3.44. The molecular weight excluding hydrogens is 210 g/mol. The molecule has 1 saturated heterocycles. The van der Waals surface area contributed by atoms with Crippen molar-refractivity contribution in [2.24, 2.45) is 0 Å². The van der Waals surface area contributed by atoms with Crippen LogP contribution < -0.4 is 5.32 Å². The zero-order chi connectivity index (χ0) is 12.5. The Labute approximate surface area is 104 Å². The first kappa shape index (κ1) is 12.6. The van der Waals surface area contributed by atoms with Crippen LogP contribution >= 0.6 is 0 Å². The van der Waals surface area contributed by atoms with Crippen molar-refractivity contribution in [2.45, 2.75) is 45.3 Å². The smallest absolute Gasteiger partial charge is 0.0849 e. The van der Waals surface area contributed by atoms with Gasteiger partial charge in [0.2, 0.25) is 0 Å². The van der Waals surface area contributed by atoms with Gasteiger partial charge in [0.1, 0.15) is 0 Å². The van der Waals surface area contributed by atoms with Gasteiger partial charge in [-0.25, -0.2) is 0 Å². The zero-order valence-corrected chi connectivity index (χ0v) is 11.3. The maximum atomic E-state index is 5.98. The van der Waals surface area contributed by atoms with E-state index in [1.807, 2.05) is 7.05 Å². The number of ether oxygens (including phenoxy) is 1. The molecule has 1 aromatic carbocycles. The van der Waals surface area contributed by atoms with E-state index in [0.717, 1.165) is 13.0 Å². The molecular formula is C15H23NO. The zero-order valence-electron chi connectivity index (χ0n) is 11.3. The summed E-state index contributed by atoms with van der Waals surface area (Å²) in [6, 6.07) is 6.94. The first-order valence-electron chi connectivity index (χ1n) is 6.45. The van der Waals surface area contributed by atoms with Gasteiger partial charge in [-0.15, -0.1) is 0 Å². The van der Waals surface area contributed by atoms with Gasteiger partial charge in [-0.05, 0) is 51.8 Å². The van der Waals surface area contributed by atoms with Crippen LogP contribution in [0.15, 0.2) is 18.2 Å². The molecule has 2 atom stereocenters. The van der Waals surface area contributed by atoms with Crippen LogP contribution in [0.3, 0.4) is 0 Å². The van der Waals surface area contributed by atoms with Crippen molar-refractivity contribution in [1.82, 2.24) is 5.32 Å². The first-order valence-corrected chi connectivity index (χ1v) is 6.45. The molecule has 2 heteroatoms. The lowest BCUT2D eigenvalue weighted by molar-refractivity contribution is -0.0106. The van der Waals surface area contributed by atoms with E-state index in [2.05, 4.69) is 44.3 Å². The second-order valence-electron chi connectivity index (χ2n) is 5.35. The summed E-state index contributed by atoms with van der Waals surface area (Å²) in [6.45, 7) is 7.44. The highest BCUT2D eigenvalue weighted by molar-refractivity contribution is 5.34. The minimum absolute atomic E-state index is 0.0622. The van der Waals surface area contributed by atoms with Gasteiger partial charge in [-0.1, -0.05) is 23.8 Å². The normalized spacial score (nSPS) is 26.1. The largest absolute Gasteiger partial charge is 0.373 e. The van der Waals surface area contributed by atoms with Gasteiger partial charge in [0.05, 0.1) is 11.6 Å². The molecule has 0 aliphatic carbocycles. The molecule has 94 valence electrons. The second kappa shape index (κ2) is 4.79. The average molecular weight is 233 g/mol. The summed E-state index contributed by atoms with van der Waals surface area (Å²) in [5.74, 6) is 0. The lowest BCUT2D eigenvalue weighted by atomic mass is 9.85. The molecule has 1 N–H and O–H groups in total. The van der Waals surface area contributed by atoms with Gasteiger partial charge in [-0.3, -0.25) is 0 Å². The number of hydrogen-bond donors (Lipinski definition) is 1. The fourth-order valence-electron chi connectivity index (χ4n) is 2.89. The third kappa shape index (κ3) is 2.38. The van der Waals surface area contributed by atoms with E-state index in [1.54, 1.807) is 0 Å². The van der Waals surface area contributed by atoms with Gasteiger partial charge in [0, 0.05) is 6.61 Å². The van der Waals surface area contributed by atoms with Crippen molar-refractivity contribution in [3.05, 3.63) is 34.9 Å². The van der Waals surface area contributed by atoms with Crippen molar-refractivity contribution in [3.63, 3.8) is 0 Å². The van der Waals surface area contributed by atoms with Crippen LogP contribution in [0.1, 0.15) is 42.5 Å². The summed E-state index contributed by atoms with van der Waals surface area (Å²) in [6.07, 6.45) is 2.30. The molecule has 0 aromatic heterocycles. The molecule has 1 aliphatic rings. The van der Waals surface area contributed by atoms with E-state index in [4.69, 9.17) is 4.74 Å². The molecule has 1 heterocycles. The number of hydrogen-bond acceptors (Lipinski definition) is 2. The predicted molar refractivity (Wildman–Crippen MR) is 71.3 cm³/mol. The summed E-state index contributed by atoms with van der Waals surface area (Å²) in [5.41, 5.74) is 3.96. The van der Waals surface area contributed by atoms with Gasteiger partial charge >= 0.3 is 0 Å². The standard InChI is InChI=1S/C15H23NO/c1-11-6-7-12(2)13(10-11)14(16-4)15(3)8-5-9-17-15/h6-7,10,14,16H,5,8-9H2,1-4H3. The van der Waals surface area contributed by atoms with Crippen molar-refractivity contribution < 1.29 is 4.74 Å². The Morgan fingerprint density at radius 3 is 2.71 bits per heavy atom. The van der Waals surface area contributed by atoms with Crippen LogP contribution in [-0.4, -0.2) is 19.3 Å². The molecule has 1 aromatic rings. The molecule has 1 aliphatic heterocycles. The maximum Gasteiger partial charge on any atom is 0.0849 e. The highest BCUT2D eigenvalue weighted by Crippen LogP contribution is 2.38. The minimum atomic E-state index is -0.0622. The Balaban J connectivity index is 2.37. The molecule has 2 unspecified atom stereocenters. The summed E-state index contributed by atoms with van der Waals surface area (Å²) in [4.78, 5) is 0. The van der Waals surface area contributed by atoms with Gasteiger partial charge in [0.25, 0.3) is 0 Å². The van der Waals surface area contributed by atoms with Gasteiger partial charge < -0.3 is 10.1 Å². The van der Waals surface area contributed by atoms with E-state index in [9.17, 15) is 0 Å². The Hall–Kier alpha value is -0.860. The molecule has 0 spiro atoms. The number of likely N-dealkylation sites (N-methyl/N-ethyl adjacent to an activating group) is 1. The minimum Gasteiger partial charge on any atom is -0.373 e. The van der Waals surface area contributed by atoms with E-state index in [1.165, 1.54) is 23.1 Å². The van der Waals surface area contributed by atoms with E-state index < -0.39 is 0 Å². The van der Waals surface area contributed by atoms with Crippen molar-refractivity contribution >= 4 is 0 Å². The van der Waals surface area contributed by atoms with Crippen LogP contribution in [-0.2, 0) is 4.74 Å². The highest BCUT2D eigenvalue weighted by atomic mass is 16.5.